The minimum atomic E-state index is -0.399. The topological polar surface area (TPSA) is 83.4 Å². The lowest BCUT2D eigenvalue weighted by atomic mass is 10.3. The Morgan fingerprint density at radius 3 is 2.69 bits per heavy atom. The number of hydrogen-bond acceptors (Lipinski definition) is 8. The first kappa shape index (κ1) is 19.4. The number of nitrogens with zero attached hydrogens (tertiary/aromatic N) is 4. The molecule has 1 fully saturated rings. The number of aliphatic hydroxyl groups excluding tert-OH is 1. The number of aliphatic hydroxyl groups is 1. The summed E-state index contributed by atoms with van der Waals surface area (Å²) >= 11 is 1.39. The van der Waals surface area contributed by atoms with Crippen LogP contribution in [0.3, 0.4) is 0 Å². The van der Waals surface area contributed by atoms with E-state index >= 15 is 0 Å². The molecule has 2 heterocycles. The molecule has 3 aromatic rings. The molecule has 2 aromatic carbocycles. The lowest BCUT2D eigenvalue weighted by molar-refractivity contribution is 0.198. The van der Waals surface area contributed by atoms with Crippen LogP contribution in [0.2, 0.25) is 0 Å². The van der Waals surface area contributed by atoms with E-state index < -0.39 is 6.10 Å². The van der Waals surface area contributed by atoms with Crippen LogP contribution in [0.15, 0.2) is 58.6 Å². The third kappa shape index (κ3) is 4.93. The normalized spacial score (nSPS) is 16.1. The maximum absolute atomic E-state index is 13.5. The van der Waals surface area contributed by atoms with Crippen LogP contribution < -0.4 is 15.0 Å². The van der Waals surface area contributed by atoms with Crippen molar-refractivity contribution in [3.63, 3.8) is 0 Å². The van der Waals surface area contributed by atoms with Crippen LogP contribution in [-0.4, -0.2) is 46.4 Å². The Kier molecular flexibility index (Phi) is 5.77. The fraction of sp³-hybridized carbons (Fsp3) is 0.250. The Bertz CT molecular complexity index is 989. The predicted octanol–water partition coefficient (Wildman–Crippen LogP) is 3.49. The van der Waals surface area contributed by atoms with Gasteiger partial charge in [-0.3, -0.25) is 0 Å². The summed E-state index contributed by atoms with van der Waals surface area (Å²) in [5, 5.41) is 13.4. The molecule has 4 rings (SSSR count). The third-order valence-electron chi connectivity index (χ3n) is 4.40. The monoisotopic (exact) mass is 413 g/mol. The number of halogens is 1. The summed E-state index contributed by atoms with van der Waals surface area (Å²) in [5.41, 5.74) is 0.545. The van der Waals surface area contributed by atoms with Crippen LogP contribution in [-0.2, 0) is 0 Å². The van der Waals surface area contributed by atoms with Gasteiger partial charge in [-0.2, -0.15) is 15.0 Å². The van der Waals surface area contributed by atoms with Gasteiger partial charge in [0, 0.05) is 23.7 Å². The number of anilines is 3. The van der Waals surface area contributed by atoms with E-state index in [1.165, 1.54) is 23.9 Å². The minimum Gasteiger partial charge on any atom is -0.497 e. The Morgan fingerprint density at radius 2 is 2.00 bits per heavy atom. The molecule has 1 aromatic heterocycles. The molecule has 0 amide bonds. The molecule has 1 saturated heterocycles. The molecule has 1 aliphatic heterocycles. The van der Waals surface area contributed by atoms with E-state index in [0.717, 1.165) is 10.6 Å². The number of ether oxygens (including phenoxy) is 1. The van der Waals surface area contributed by atoms with Crippen LogP contribution in [0.25, 0.3) is 0 Å². The SMILES string of the molecule is COc1ccc(Sc2nc(Nc3cccc(F)c3)nc(N3CCC(O)C3)n2)cc1. The minimum absolute atomic E-state index is 0.318. The van der Waals surface area contributed by atoms with Crippen molar-refractivity contribution >= 4 is 29.3 Å². The first-order valence-electron chi connectivity index (χ1n) is 9.12. The number of rotatable bonds is 6. The van der Waals surface area contributed by atoms with Crippen LogP contribution in [0.5, 0.6) is 5.75 Å². The highest BCUT2D eigenvalue weighted by Crippen LogP contribution is 2.29. The standard InChI is InChI=1S/C20H20FN5O2S/c1-28-16-5-7-17(8-6-16)29-20-24-18(22-14-4-2-3-13(21)11-14)23-19(25-20)26-10-9-15(27)12-26/h2-8,11,15,27H,9-10,12H2,1H3,(H,22,23,24,25). The maximum atomic E-state index is 13.5. The van der Waals surface area contributed by atoms with Crippen LogP contribution in [0.1, 0.15) is 6.42 Å². The van der Waals surface area contributed by atoms with E-state index in [0.29, 0.717) is 42.3 Å². The maximum Gasteiger partial charge on any atom is 0.233 e. The van der Waals surface area contributed by atoms with Gasteiger partial charge >= 0.3 is 0 Å². The van der Waals surface area contributed by atoms with Gasteiger partial charge in [-0.05, 0) is 60.6 Å². The molecule has 0 bridgehead atoms. The van der Waals surface area contributed by atoms with Crippen LogP contribution in [0, 0.1) is 5.82 Å². The fourth-order valence-electron chi connectivity index (χ4n) is 2.96. The van der Waals surface area contributed by atoms with Crippen LogP contribution >= 0.6 is 11.8 Å². The van der Waals surface area contributed by atoms with E-state index in [1.54, 1.807) is 19.2 Å². The van der Waals surface area contributed by atoms with Crippen molar-refractivity contribution in [3.8, 4) is 5.75 Å². The summed E-state index contributed by atoms with van der Waals surface area (Å²) < 4.78 is 18.7. The van der Waals surface area contributed by atoms with Gasteiger partial charge in [0.1, 0.15) is 11.6 Å². The average Bonchev–Trinajstić information content (AvgIpc) is 3.15. The Labute approximate surface area is 172 Å². The van der Waals surface area contributed by atoms with Gasteiger partial charge in [0.2, 0.25) is 11.9 Å². The summed E-state index contributed by atoms with van der Waals surface area (Å²) in [4.78, 5) is 16.4. The Morgan fingerprint density at radius 1 is 1.17 bits per heavy atom. The highest BCUT2D eigenvalue weighted by Gasteiger charge is 2.24. The molecule has 0 aliphatic carbocycles. The summed E-state index contributed by atoms with van der Waals surface area (Å²) in [5.74, 6) is 1.22. The molecular weight excluding hydrogens is 393 g/mol. The van der Waals surface area contributed by atoms with Crippen LogP contribution in [0.4, 0.5) is 22.0 Å². The van der Waals surface area contributed by atoms with E-state index in [1.807, 2.05) is 29.2 Å². The number of β-amino-alcohol motifs (C(OH)–C–C–N with tert-alkyl or cyclic N) is 1. The quantitative estimate of drug-likeness (QED) is 0.636. The van der Waals surface area contributed by atoms with Crippen molar-refractivity contribution in [3.05, 3.63) is 54.3 Å². The number of nitrogens with one attached hydrogen (secondary N) is 1. The van der Waals surface area contributed by atoms with Gasteiger partial charge in [-0.15, -0.1) is 0 Å². The second-order valence-electron chi connectivity index (χ2n) is 6.54. The molecule has 0 spiro atoms. The molecule has 29 heavy (non-hydrogen) atoms. The zero-order chi connectivity index (χ0) is 20.2. The first-order chi connectivity index (χ1) is 14.1. The summed E-state index contributed by atoms with van der Waals surface area (Å²) in [7, 11) is 1.62. The summed E-state index contributed by atoms with van der Waals surface area (Å²) in [6, 6.07) is 13.7. The molecule has 9 heteroatoms. The molecule has 1 aliphatic rings. The zero-order valence-electron chi connectivity index (χ0n) is 15.7. The molecule has 1 unspecified atom stereocenters. The molecule has 150 valence electrons. The molecule has 0 radical (unpaired) electrons. The second-order valence-corrected chi connectivity index (χ2v) is 7.58. The number of aromatic nitrogens is 3. The highest BCUT2D eigenvalue weighted by molar-refractivity contribution is 7.99. The Hall–Kier alpha value is -2.91. The Balaban J connectivity index is 1.63. The van der Waals surface area contributed by atoms with Crippen molar-refractivity contribution in [2.75, 3.05) is 30.4 Å². The van der Waals surface area contributed by atoms with E-state index in [9.17, 15) is 9.50 Å². The fourth-order valence-corrected chi connectivity index (χ4v) is 3.70. The smallest absolute Gasteiger partial charge is 0.233 e. The van der Waals surface area contributed by atoms with Gasteiger partial charge < -0.3 is 20.1 Å². The van der Waals surface area contributed by atoms with Gasteiger partial charge in [0.15, 0.2) is 5.16 Å². The van der Waals surface area contributed by atoms with Crippen molar-refractivity contribution in [2.45, 2.75) is 22.6 Å². The lowest BCUT2D eigenvalue weighted by Crippen LogP contribution is -2.24. The molecule has 0 saturated carbocycles. The average molecular weight is 413 g/mol. The zero-order valence-corrected chi connectivity index (χ0v) is 16.6. The predicted molar refractivity (Wildman–Crippen MR) is 109 cm³/mol. The molecule has 7 nitrogen and oxygen atoms in total. The van der Waals surface area contributed by atoms with Gasteiger partial charge in [0.05, 0.1) is 13.2 Å². The molecular formula is C20H20FN5O2S. The van der Waals surface area contributed by atoms with Crippen molar-refractivity contribution in [1.29, 1.82) is 0 Å². The van der Waals surface area contributed by atoms with Crippen molar-refractivity contribution in [1.82, 2.24) is 15.0 Å². The first-order valence-corrected chi connectivity index (χ1v) is 9.94. The lowest BCUT2D eigenvalue weighted by Gasteiger charge is -2.17. The van der Waals surface area contributed by atoms with E-state index in [2.05, 4.69) is 20.3 Å². The van der Waals surface area contributed by atoms with E-state index in [4.69, 9.17) is 4.74 Å². The number of hydrogen-bond donors (Lipinski definition) is 2. The van der Waals surface area contributed by atoms with Gasteiger partial charge in [0.25, 0.3) is 0 Å². The van der Waals surface area contributed by atoms with Gasteiger partial charge in [-0.1, -0.05) is 6.07 Å². The molecule has 1 atom stereocenters. The highest BCUT2D eigenvalue weighted by atomic mass is 32.2. The second kappa shape index (κ2) is 8.62. The van der Waals surface area contributed by atoms with Crippen molar-refractivity contribution in [2.24, 2.45) is 0 Å². The largest absolute Gasteiger partial charge is 0.497 e. The summed E-state index contributed by atoms with van der Waals surface area (Å²) in [6.45, 7) is 1.13. The van der Waals surface area contributed by atoms with E-state index in [-0.39, 0.29) is 5.82 Å². The number of methoxy groups -OCH3 is 1. The summed E-state index contributed by atoms with van der Waals surface area (Å²) in [6.07, 6.45) is 0.267. The number of benzene rings is 2. The van der Waals surface area contributed by atoms with Gasteiger partial charge in [-0.25, -0.2) is 4.39 Å². The van der Waals surface area contributed by atoms with Crippen molar-refractivity contribution < 1.29 is 14.2 Å². The third-order valence-corrected chi connectivity index (χ3v) is 5.27. The molecule has 2 N–H and O–H groups in total.